The van der Waals surface area contributed by atoms with Crippen LogP contribution in [0.5, 0.6) is 11.5 Å². The summed E-state index contributed by atoms with van der Waals surface area (Å²) in [4.78, 5) is 0. The highest BCUT2D eigenvalue weighted by atomic mass is 16.5. The first-order valence-electron chi connectivity index (χ1n) is 6.10. The second kappa shape index (κ2) is 4.88. The lowest BCUT2D eigenvalue weighted by molar-refractivity contribution is 0.242. The van der Waals surface area contributed by atoms with E-state index in [2.05, 4.69) is 25.9 Å². The molecule has 0 spiro atoms. The maximum atomic E-state index is 8.79. The molecule has 4 heteroatoms. The maximum absolute atomic E-state index is 8.79. The van der Waals surface area contributed by atoms with E-state index in [0.29, 0.717) is 18.9 Å². The Labute approximate surface area is 107 Å². The van der Waals surface area contributed by atoms with Crippen molar-refractivity contribution in [2.45, 2.75) is 27.2 Å². The van der Waals surface area contributed by atoms with Gasteiger partial charge in [0.25, 0.3) is 0 Å². The number of hydrogen-bond acceptors (Lipinski definition) is 4. The summed E-state index contributed by atoms with van der Waals surface area (Å²) < 4.78 is 11.1. The van der Waals surface area contributed by atoms with E-state index in [1.54, 1.807) is 0 Å². The molecule has 0 aliphatic carbocycles. The van der Waals surface area contributed by atoms with Gasteiger partial charge in [0.2, 0.25) is 0 Å². The highest BCUT2D eigenvalue weighted by Crippen LogP contribution is 2.30. The molecule has 1 N–H and O–H groups in total. The van der Waals surface area contributed by atoms with Gasteiger partial charge < -0.3 is 14.7 Å². The SMILES string of the molecule is CC(C)(C)CCOc1ccc2c(c1)OCC2=NO. The van der Waals surface area contributed by atoms with E-state index < -0.39 is 0 Å². The Bertz CT molecular complexity index is 461. The molecular weight excluding hydrogens is 230 g/mol. The van der Waals surface area contributed by atoms with Crippen molar-refractivity contribution in [3.63, 3.8) is 0 Å². The van der Waals surface area contributed by atoms with Gasteiger partial charge in [-0.3, -0.25) is 0 Å². The molecule has 0 amide bonds. The second-order valence-electron chi connectivity index (χ2n) is 5.65. The molecule has 0 radical (unpaired) electrons. The van der Waals surface area contributed by atoms with Crippen LogP contribution in [0.2, 0.25) is 0 Å². The Kier molecular flexibility index (Phi) is 3.45. The van der Waals surface area contributed by atoms with Gasteiger partial charge in [-0.2, -0.15) is 0 Å². The molecule has 2 rings (SSSR count). The first-order valence-corrected chi connectivity index (χ1v) is 6.10. The quantitative estimate of drug-likeness (QED) is 0.661. The third-order valence-electron chi connectivity index (χ3n) is 2.87. The number of rotatable bonds is 3. The van der Waals surface area contributed by atoms with Crippen molar-refractivity contribution in [2.24, 2.45) is 10.6 Å². The predicted octanol–water partition coefficient (Wildman–Crippen LogP) is 3.07. The van der Waals surface area contributed by atoms with Crippen molar-refractivity contribution in [1.29, 1.82) is 0 Å². The summed E-state index contributed by atoms with van der Waals surface area (Å²) in [6.07, 6.45) is 0.994. The molecule has 1 aromatic carbocycles. The molecule has 0 atom stereocenters. The first kappa shape index (κ1) is 12.7. The Balaban J connectivity index is 2.01. The maximum Gasteiger partial charge on any atom is 0.134 e. The lowest BCUT2D eigenvalue weighted by Crippen LogP contribution is -2.11. The van der Waals surface area contributed by atoms with Crippen LogP contribution in [0.1, 0.15) is 32.8 Å². The fourth-order valence-corrected chi connectivity index (χ4v) is 1.73. The zero-order valence-electron chi connectivity index (χ0n) is 11.1. The number of hydrogen-bond donors (Lipinski definition) is 1. The summed E-state index contributed by atoms with van der Waals surface area (Å²) in [5.41, 5.74) is 1.66. The molecule has 1 aliphatic heterocycles. The normalized spacial score (nSPS) is 16.5. The van der Waals surface area contributed by atoms with Crippen LogP contribution in [-0.2, 0) is 0 Å². The molecule has 0 aromatic heterocycles. The minimum atomic E-state index is 0.268. The van der Waals surface area contributed by atoms with Crippen LogP contribution < -0.4 is 9.47 Å². The Morgan fingerprint density at radius 1 is 1.39 bits per heavy atom. The average Bonchev–Trinajstić information content (AvgIpc) is 2.69. The van der Waals surface area contributed by atoms with Crippen molar-refractivity contribution in [1.82, 2.24) is 0 Å². The van der Waals surface area contributed by atoms with E-state index in [9.17, 15) is 0 Å². The summed E-state index contributed by atoms with van der Waals surface area (Å²) in [6, 6.07) is 5.58. The number of oxime groups is 1. The van der Waals surface area contributed by atoms with Crippen LogP contribution in [0.3, 0.4) is 0 Å². The van der Waals surface area contributed by atoms with E-state index in [1.807, 2.05) is 18.2 Å². The number of fused-ring (bicyclic) bond motifs is 1. The topological polar surface area (TPSA) is 51.0 Å². The minimum absolute atomic E-state index is 0.268. The standard InChI is InChI=1S/C14H19NO3/c1-14(2,3)6-7-17-10-4-5-11-12(15-16)9-18-13(11)8-10/h4-5,8,16H,6-7,9H2,1-3H3. The van der Waals surface area contributed by atoms with Crippen LogP contribution in [0.4, 0.5) is 0 Å². The van der Waals surface area contributed by atoms with E-state index in [-0.39, 0.29) is 5.41 Å². The summed E-state index contributed by atoms with van der Waals surface area (Å²) >= 11 is 0. The van der Waals surface area contributed by atoms with Gasteiger partial charge in [-0.25, -0.2) is 0 Å². The number of benzene rings is 1. The zero-order chi connectivity index (χ0) is 13.2. The molecule has 0 unspecified atom stereocenters. The smallest absolute Gasteiger partial charge is 0.134 e. The van der Waals surface area contributed by atoms with Crippen LogP contribution in [0.25, 0.3) is 0 Å². The van der Waals surface area contributed by atoms with Gasteiger partial charge in [-0.15, -0.1) is 0 Å². The first-order chi connectivity index (χ1) is 8.49. The van der Waals surface area contributed by atoms with Gasteiger partial charge in [0.1, 0.15) is 23.8 Å². The minimum Gasteiger partial charge on any atom is -0.493 e. The molecule has 4 nitrogen and oxygen atoms in total. The second-order valence-corrected chi connectivity index (χ2v) is 5.65. The van der Waals surface area contributed by atoms with E-state index in [0.717, 1.165) is 23.5 Å². The summed E-state index contributed by atoms with van der Waals surface area (Å²) in [5, 5.41) is 12.0. The summed E-state index contributed by atoms with van der Waals surface area (Å²) in [6.45, 7) is 7.56. The lowest BCUT2D eigenvalue weighted by atomic mass is 9.93. The van der Waals surface area contributed by atoms with Crippen molar-refractivity contribution >= 4 is 5.71 Å². The molecule has 0 saturated carbocycles. The van der Waals surface area contributed by atoms with Crippen molar-refractivity contribution in [3.05, 3.63) is 23.8 Å². The number of nitrogens with zero attached hydrogens (tertiary/aromatic N) is 1. The average molecular weight is 249 g/mol. The Morgan fingerprint density at radius 2 is 2.17 bits per heavy atom. The lowest BCUT2D eigenvalue weighted by Gasteiger charge is -2.18. The van der Waals surface area contributed by atoms with E-state index in [4.69, 9.17) is 14.7 Å². The molecule has 1 heterocycles. The van der Waals surface area contributed by atoms with Crippen molar-refractivity contribution < 1.29 is 14.7 Å². The van der Waals surface area contributed by atoms with E-state index in [1.165, 1.54) is 0 Å². The predicted molar refractivity (Wildman–Crippen MR) is 69.8 cm³/mol. The molecule has 1 aromatic rings. The van der Waals surface area contributed by atoms with Gasteiger partial charge >= 0.3 is 0 Å². The van der Waals surface area contributed by atoms with Crippen LogP contribution in [0, 0.1) is 5.41 Å². The molecule has 1 aliphatic rings. The molecule has 98 valence electrons. The molecular formula is C14H19NO3. The summed E-state index contributed by atoms with van der Waals surface area (Å²) in [5.74, 6) is 1.51. The zero-order valence-corrected chi connectivity index (χ0v) is 11.1. The van der Waals surface area contributed by atoms with Crippen LogP contribution in [0.15, 0.2) is 23.4 Å². The van der Waals surface area contributed by atoms with Crippen molar-refractivity contribution in [2.75, 3.05) is 13.2 Å². The highest BCUT2D eigenvalue weighted by Gasteiger charge is 2.20. The van der Waals surface area contributed by atoms with Crippen LogP contribution >= 0.6 is 0 Å². The summed E-state index contributed by atoms with van der Waals surface area (Å²) in [7, 11) is 0. The fraction of sp³-hybridized carbons (Fsp3) is 0.500. The Morgan fingerprint density at radius 3 is 2.83 bits per heavy atom. The molecule has 0 saturated heterocycles. The van der Waals surface area contributed by atoms with Crippen LogP contribution in [-0.4, -0.2) is 24.1 Å². The van der Waals surface area contributed by atoms with Gasteiger partial charge in [0.15, 0.2) is 0 Å². The monoisotopic (exact) mass is 249 g/mol. The third-order valence-corrected chi connectivity index (χ3v) is 2.87. The van der Waals surface area contributed by atoms with Gasteiger partial charge in [-0.05, 0) is 24.0 Å². The molecule has 0 fully saturated rings. The Hall–Kier alpha value is -1.71. The van der Waals surface area contributed by atoms with E-state index >= 15 is 0 Å². The number of ether oxygens (including phenoxy) is 2. The molecule has 0 bridgehead atoms. The highest BCUT2D eigenvalue weighted by molar-refractivity contribution is 6.05. The third kappa shape index (κ3) is 2.94. The van der Waals surface area contributed by atoms with Gasteiger partial charge in [-0.1, -0.05) is 25.9 Å². The fourth-order valence-electron chi connectivity index (χ4n) is 1.73. The van der Waals surface area contributed by atoms with Gasteiger partial charge in [0, 0.05) is 11.6 Å². The largest absolute Gasteiger partial charge is 0.493 e. The molecule has 18 heavy (non-hydrogen) atoms. The van der Waals surface area contributed by atoms with Crippen molar-refractivity contribution in [3.8, 4) is 11.5 Å². The van der Waals surface area contributed by atoms with Gasteiger partial charge in [0.05, 0.1) is 6.61 Å².